The molecule has 2 aromatic carbocycles. The molecule has 29 heavy (non-hydrogen) atoms. The van der Waals surface area contributed by atoms with E-state index in [2.05, 4.69) is 51.3 Å². The molecule has 7 heteroatoms. The average Bonchev–Trinajstić information content (AvgIpc) is 3.22. The molecule has 0 unspecified atom stereocenters. The Morgan fingerprint density at radius 2 is 1.72 bits per heavy atom. The number of aromatic nitrogens is 2. The number of hydrogen-bond acceptors (Lipinski definition) is 7. The molecular formula is C22H23N5O2. The van der Waals surface area contributed by atoms with Crippen molar-refractivity contribution in [1.29, 1.82) is 0 Å². The molecule has 0 saturated carbocycles. The maximum absolute atomic E-state index is 5.44. The minimum absolute atomic E-state index is 0.269. The molecule has 2 aliphatic heterocycles. The Morgan fingerprint density at radius 1 is 0.897 bits per heavy atom. The van der Waals surface area contributed by atoms with Gasteiger partial charge in [-0.1, -0.05) is 12.1 Å². The van der Waals surface area contributed by atoms with Crippen LogP contribution in [-0.4, -0.2) is 42.9 Å². The largest absolute Gasteiger partial charge is 0.454 e. The fourth-order valence-corrected chi connectivity index (χ4v) is 3.68. The Balaban J connectivity index is 1.26. The summed E-state index contributed by atoms with van der Waals surface area (Å²) < 4.78 is 10.8. The second-order valence-electron chi connectivity index (χ2n) is 7.25. The Hall–Kier alpha value is -3.48. The number of anilines is 4. The van der Waals surface area contributed by atoms with E-state index in [0.29, 0.717) is 0 Å². The van der Waals surface area contributed by atoms with Gasteiger partial charge in [-0.2, -0.15) is 4.98 Å². The molecule has 0 radical (unpaired) electrons. The molecule has 148 valence electrons. The van der Waals surface area contributed by atoms with Crippen molar-refractivity contribution in [1.82, 2.24) is 9.97 Å². The molecule has 1 fully saturated rings. The standard InChI is InChI=1S/C22H23N5O2/c1-16-3-2-4-18(13-16)26-9-11-27(12-10-26)22-23-8-7-21(25-22)24-17-5-6-19-20(14-17)29-15-28-19/h2-8,13-14H,9-12,15H2,1H3,(H,23,24,25). The van der Waals surface area contributed by atoms with Gasteiger partial charge in [0.2, 0.25) is 12.7 Å². The fourth-order valence-electron chi connectivity index (χ4n) is 3.68. The molecule has 0 bridgehead atoms. The quantitative estimate of drug-likeness (QED) is 0.732. The van der Waals surface area contributed by atoms with Gasteiger partial charge < -0.3 is 24.6 Å². The summed E-state index contributed by atoms with van der Waals surface area (Å²) in [6.07, 6.45) is 1.80. The van der Waals surface area contributed by atoms with Crippen LogP contribution >= 0.6 is 0 Å². The maximum Gasteiger partial charge on any atom is 0.231 e. The van der Waals surface area contributed by atoms with E-state index in [1.807, 2.05) is 24.3 Å². The normalized spacial score (nSPS) is 15.5. The minimum Gasteiger partial charge on any atom is -0.454 e. The molecule has 3 heterocycles. The number of hydrogen-bond donors (Lipinski definition) is 1. The van der Waals surface area contributed by atoms with Gasteiger partial charge in [-0.05, 0) is 42.8 Å². The van der Waals surface area contributed by atoms with E-state index in [1.54, 1.807) is 6.20 Å². The lowest BCUT2D eigenvalue weighted by atomic mass is 10.2. The van der Waals surface area contributed by atoms with Gasteiger partial charge in [-0.25, -0.2) is 4.98 Å². The molecule has 1 N–H and O–H groups in total. The van der Waals surface area contributed by atoms with Crippen LogP contribution in [-0.2, 0) is 0 Å². The van der Waals surface area contributed by atoms with Crippen molar-refractivity contribution in [2.75, 3.05) is 48.1 Å². The molecule has 5 rings (SSSR count). The van der Waals surface area contributed by atoms with Gasteiger partial charge in [-0.15, -0.1) is 0 Å². The van der Waals surface area contributed by atoms with Gasteiger partial charge in [0.05, 0.1) is 0 Å². The highest BCUT2D eigenvalue weighted by molar-refractivity contribution is 5.62. The molecule has 2 aliphatic rings. The van der Waals surface area contributed by atoms with Crippen LogP contribution in [0.25, 0.3) is 0 Å². The summed E-state index contributed by atoms with van der Waals surface area (Å²) in [5.41, 5.74) is 3.47. The van der Waals surface area contributed by atoms with E-state index in [9.17, 15) is 0 Å². The first-order chi connectivity index (χ1) is 14.2. The number of piperazine rings is 1. The molecule has 0 aliphatic carbocycles. The van der Waals surface area contributed by atoms with Crippen molar-refractivity contribution in [3.8, 4) is 11.5 Å². The number of rotatable bonds is 4. The number of nitrogens with one attached hydrogen (secondary N) is 1. The van der Waals surface area contributed by atoms with E-state index in [4.69, 9.17) is 14.5 Å². The highest BCUT2D eigenvalue weighted by atomic mass is 16.7. The van der Waals surface area contributed by atoms with Gasteiger partial charge in [0, 0.05) is 49.8 Å². The van der Waals surface area contributed by atoms with E-state index < -0.39 is 0 Å². The summed E-state index contributed by atoms with van der Waals surface area (Å²) in [6, 6.07) is 16.3. The Bertz CT molecular complexity index is 1020. The van der Waals surface area contributed by atoms with Crippen LogP contribution in [0.15, 0.2) is 54.7 Å². The van der Waals surface area contributed by atoms with Crippen LogP contribution in [0.4, 0.5) is 23.1 Å². The second-order valence-corrected chi connectivity index (χ2v) is 7.25. The number of benzene rings is 2. The van der Waals surface area contributed by atoms with Crippen molar-refractivity contribution >= 4 is 23.1 Å². The van der Waals surface area contributed by atoms with Crippen molar-refractivity contribution in [2.45, 2.75) is 6.92 Å². The van der Waals surface area contributed by atoms with Crippen LogP contribution in [0.2, 0.25) is 0 Å². The first-order valence-corrected chi connectivity index (χ1v) is 9.81. The molecule has 7 nitrogen and oxygen atoms in total. The zero-order valence-electron chi connectivity index (χ0n) is 16.3. The molecule has 0 spiro atoms. The lowest BCUT2D eigenvalue weighted by Gasteiger charge is -2.36. The summed E-state index contributed by atoms with van der Waals surface area (Å²) in [7, 11) is 0. The van der Waals surface area contributed by atoms with Crippen LogP contribution in [0.3, 0.4) is 0 Å². The first kappa shape index (κ1) is 17.6. The smallest absolute Gasteiger partial charge is 0.231 e. The highest BCUT2D eigenvalue weighted by Gasteiger charge is 2.20. The monoisotopic (exact) mass is 389 g/mol. The van der Waals surface area contributed by atoms with Crippen molar-refractivity contribution in [3.05, 3.63) is 60.3 Å². The summed E-state index contributed by atoms with van der Waals surface area (Å²) in [5.74, 6) is 3.02. The highest BCUT2D eigenvalue weighted by Crippen LogP contribution is 2.35. The van der Waals surface area contributed by atoms with E-state index in [0.717, 1.165) is 55.1 Å². The Labute approximate surface area is 169 Å². The van der Waals surface area contributed by atoms with Crippen LogP contribution in [0.1, 0.15) is 5.56 Å². The maximum atomic E-state index is 5.44. The van der Waals surface area contributed by atoms with E-state index in [1.165, 1.54) is 11.3 Å². The summed E-state index contributed by atoms with van der Waals surface area (Å²) in [6.45, 7) is 6.08. The van der Waals surface area contributed by atoms with Crippen LogP contribution in [0.5, 0.6) is 11.5 Å². The molecule has 0 atom stereocenters. The molecule has 0 amide bonds. The molecular weight excluding hydrogens is 366 g/mol. The number of nitrogens with zero attached hydrogens (tertiary/aromatic N) is 4. The van der Waals surface area contributed by atoms with Gasteiger partial charge >= 0.3 is 0 Å². The molecule has 1 saturated heterocycles. The minimum atomic E-state index is 0.269. The SMILES string of the molecule is Cc1cccc(N2CCN(c3nccc(Nc4ccc5c(c4)OCO5)n3)CC2)c1. The van der Waals surface area contributed by atoms with Crippen molar-refractivity contribution in [2.24, 2.45) is 0 Å². The van der Waals surface area contributed by atoms with Gasteiger partial charge in [0.15, 0.2) is 11.5 Å². The third-order valence-corrected chi connectivity index (χ3v) is 5.22. The second kappa shape index (κ2) is 7.50. The van der Waals surface area contributed by atoms with E-state index in [-0.39, 0.29) is 6.79 Å². The van der Waals surface area contributed by atoms with Crippen LogP contribution in [0, 0.1) is 6.92 Å². The summed E-state index contributed by atoms with van der Waals surface area (Å²) in [5, 5.41) is 3.33. The Morgan fingerprint density at radius 3 is 2.59 bits per heavy atom. The summed E-state index contributed by atoms with van der Waals surface area (Å²) in [4.78, 5) is 13.8. The van der Waals surface area contributed by atoms with Gasteiger partial charge in [0.1, 0.15) is 5.82 Å². The number of ether oxygens (including phenoxy) is 2. The Kier molecular flexibility index (Phi) is 4.56. The predicted octanol–water partition coefficient (Wildman–Crippen LogP) is 3.58. The fraction of sp³-hybridized carbons (Fsp3) is 0.273. The van der Waals surface area contributed by atoms with Crippen molar-refractivity contribution in [3.63, 3.8) is 0 Å². The third-order valence-electron chi connectivity index (χ3n) is 5.22. The third kappa shape index (κ3) is 3.76. The molecule has 3 aromatic rings. The average molecular weight is 389 g/mol. The van der Waals surface area contributed by atoms with E-state index >= 15 is 0 Å². The zero-order chi connectivity index (χ0) is 19.6. The number of fused-ring (bicyclic) bond motifs is 1. The zero-order valence-corrected chi connectivity index (χ0v) is 16.3. The predicted molar refractivity (Wildman–Crippen MR) is 113 cm³/mol. The topological polar surface area (TPSA) is 62.8 Å². The molecule has 1 aromatic heterocycles. The summed E-state index contributed by atoms with van der Waals surface area (Å²) >= 11 is 0. The van der Waals surface area contributed by atoms with Gasteiger partial charge in [-0.3, -0.25) is 0 Å². The lowest BCUT2D eigenvalue weighted by molar-refractivity contribution is 0.174. The lowest BCUT2D eigenvalue weighted by Crippen LogP contribution is -2.47. The van der Waals surface area contributed by atoms with Crippen LogP contribution < -0.4 is 24.6 Å². The van der Waals surface area contributed by atoms with Crippen molar-refractivity contribution < 1.29 is 9.47 Å². The first-order valence-electron chi connectivity index (χ1n) is 9.81. The number of aryl methyl sites for hydroxylation is 1. The van der Waals surface area contributed by atoms with Gasteiger partial charge in [0.25, 0.3) is 0 Å².